The third kappa shape index (κ3) is 3.75. The van der Waals surface area contributed by atoms with Crippen LogP contribution in [0, 0.1) is 6.92 Å². The summed E-state index contributed by atoms with van der Waals surface area (Å²) in [5.41, 5.74) is 5.26. The average Bonchev–Trinajstić information content (AvgIpc) is 2.39. The van der Waals surface area contributed by atoms with Gasteiger partial charge in [0.15, 0.2) is 0 Å². The van der Waals surface area contributed by atoms with Crippen LogP contribution in [0.25, 0.3) is 0 Å². The standard InChI is InChI=1S/C14H11Br2ClN2O/c1-8-2-3-11(6-13(8)17)19-18-7-9-4-10(15)5-12(16)14(9)20/h2-7,19-20H,1H3/b18-7-. The maximum absolute atomic E-state index is 9.89. The zero-order valence-corrected chi connectivity index (χ0v) is 14.4. The van der Waals surface area contributed by atoms with Crippen LogP contribution in [0.15, 0.2) is 44.4 Å². The Morgan fingerprint density at radius 3 is 2.70 bits per heavy atom. The van der Waals surface area contributed by atoms with Crippen LogP contribution in [0.2, 0.25) is 5.02 Å². The summed E-state index contributed by atoms with van der Waals surface area (Å²) in [5.74, 6) is 0.140. The molecule has 0 heterocycles. The minimum absolute atomic E-state index is 0.140. The summed E-state index contributed by atoms with van der Waals surface area (Å²) >= 11 is 12.7. The Kier molecular flexibility index (Phi) is 5.07. The molecule has 2 aromatic carbocycles. The Morgan fingerprint density at radius 2 is 2.00 bits per heavy atom. The maximum Gasteiger partial charge on any atom is 0.138 e. The van der Waals surface area contributed by atoms with Crippen LogP contribution in [-0.2, 0) is 0 Å². The number of anilines is 1. The molecule has 0 aliphatic carbocycles. The summed E-state index contributed by atoms with van der Waals surface area (Å²) in [6.07, 6.45) is 1.54. The van der Waals surface area contributed by atoms with Crippen molar-refractivity contribution < 1.29 is 5.11 Å². The van der Waals surface area contributed by atoms with Gasteiger partial charge in [-0.1, -0.05) is 33.6 Å². The van der Waals surface area contributed by atoms with E-state index in [4.69, 9.17) is 11.6 Å². The fourth-order valence-corrected chi connectivity index (χ4v) is 2.96. The fourth-order valence-electron chi connectivity index (χ4n) is 1.52. The highest BCUT2D eigenvalue weighted by atomic mass is 79.9. The second kappa shape index (κ2) is 6.61. The molecule has 0 atom stereocenters. The van der Waals surface area contributed by atoms with E-state index < -0.39 is 0 Å². The van der Waals surface area contributed by atoms with Crippen molar-refractivity contribution in [2.24, 2.45) is 5.10 Å². The van der Waals surface area contributed by atoms with E-state index in [0.717, 1.165) is 15.7 Å². The van der Waals surface area contributed by atoms with E-state index >= 15 is 0 Å². The quantitative estimate of drug-likeness (QED) is 0.523. The first-order valence-electron chi connectivity index (χ1n) is 5.70. The lowest BCUT2D eigenvalue weighted by Gasteiger charge is -2.04. The molecule has 0 unspecified atom stereocenters. The second-order valence-electron chi connectivity index (χ2n) is 4.16. The molecule has 0 saturated carbocycles. The molecule has 0 spiro atoms. The molecule has 0 amide bonds. The molecule has 2 N–H and O–H groups in total. The summed E-state index contributed by atoms with van der Waals surface area (Å²) < 4.78 is 1.45. The predicted octanol–water partition coefficient (Wildman–Crippen LogP) is 5.33. The van der Waals surface area contributed by atoms with Gasteiger partial charge in [-0.2, -0.15) is 5.10 Å². The van der Waals surface area contributed by atoms with Crippen molar-refractivity contribution in [2.45, 2.75) is 6.92 Å². The molecular weight excluding hydrogens is 407 g/mol. The van der Waals surface area contributed by atoms with Gasteiger partial charge in [-0.05, 0) is 52.7 Å². The summed E-state index contributed by atoms with van der Waals surface area (Å²) in [6.45, 7) is 1.94. The Hall–Kier alpha value is -1.04. The number of halogens is 3. The van der Waals surface area contributed by atoms with Gasteiger partial charge in [0.05, 0.1) is 16.4 Å². The number of benzene rings is 2. The highest BCUT2D eigenvalue weighted by Gasteiger charge is 2.05. The molecule has 2 aromatic rings. The molecule has 0 bridgehead atoms. The number of phenolic OH excluding ortho intramolecular Hbond substituents is 1. The monoisotopic (exact) mass is 416 g/mol. The minimum atomic E-state index is 0.140. The Balaban J connectivity index is 2.16. The molecule has 3 nitrogen and oxygen atoms in total. The molecule has 0 radical (unpaired) electrons. The first-order valence-corrected chi connectivity index (χ1v) is 7.67. The van der Waals surface area contributed by atoms with Crippen LogP contribution < -0.4 is 5.43 Å². The number of aromatic hydroxyl groups is 1. The van der Waals surface area contributed by atoms with E-state index in [1.807, 2.05) is 19.1 Å². The summed E-state index contributed by atoms with van der Waals surface area (Å²) in [7, 11) is 0. The highest BCUT2D eigenvalue weighted by molar-refractivity contribution is 9.11. The third-order valence-corrected chi connectivity index (χ3v) is 4.10. The molecule has 6 heteroatoms. The lowest BCUT2D eigenvalue weighted by Crippen LogP contribution is -1.92. The van der Waals surface area contributed by atoms with Crippen LogP contribution in [0.4, 0.5) is 5.69 Å². The van der Waals surface area contributed by atoms with Gasteiger partial charge in [-0.15, -0.1) is 0 Å². The molecule has 2 rings (SSSR count). The van der Waals surface area contributed by atoms with Crippen molar-refractivity contribution in [3.05, 3.63) is 55.4 Å². The van der Waals surface area contributed by atoms with Crippen LogP contribution in [-0.4, -0.2) is 11.3 Å². The van der Waals surface area contributed by atoms with Crippen molar-refractivity contribution in [1.29, 1.82) is 0 Å². The van der Waals surface area contributed by atoms with Crippen LogP contribution in [0.1, 0.15) is 11.1 Å². The van der Waals surface area contributed by atoms with Crippen molar-refractivity contribution in [3.8, 4) is 5.75 Å². The fraction of sp³-hybridized carbons (Fsp3) is 0.0714. The van der Waals surface area contributed by atoms with Gasteiger partial charge in [0.2, 0.25) is 0 Å². The zero-order valence-electron chi connectivity index (χ0n) is 10.5. The van der Waals surface area contributed by atoms with E-state index in [9.17, 15) is 5.11 Å². The van der Waals surface area contributed by atoms with Crippen molar-refractivity contribution in [3.63, 3.8) is 0 Å². The molecule has 0 aliphatic rings. The predicted molar refractivity (Wildman–Crippen MR) is 90.9 cm³/mol. The third-order valence-electron chi connectivity index (χ3n) is 2.63. The van der Waals surface area contributed by atoms with Gasteiger partial charge in [0.25, 0.3) is 0 Å². The lowest BCUT2D eigenvalue weighted by molar-refractivity contribution is 0.471. The molecule has 104 valence electrons. The summed E-state index contributed by atoms with van der Waals surface area (Å²) in [6, 6.07) is 9.13. The zero-order chi connectivity index (χ0) is 14.7. The number of hydrazone groups is 1. The first kappa shape index (κ1) is 15.4. The summed E-state index contributed by atoms with van der Waals surface area (Å²) in [4.78, 5) is 0. The van der Waals surface area contributed by atoms with Gasteiger partial charge >= 0.3 is 0 Å². The van der Waals surface area contributed by atoms with Crippen molar-refractivity contribution in [2.75, 3.05) is 5.43 Å². The van der Waals surface area contributed by atoms with E-state index in [1.165, 1.54) is 0 Å². The topological polar surface area (TPSA) is 44.6 Å². The van der Waals surface area contributed by atoms with Gasteiger partial charge in [0.1, 0.15) is 5.75 Å². The molecular formula is C14H11Br2ClN2O. The number of hydrogen-bond donors (Lipinski definition) is 2. The van der Waals surface area contributed by atoms with E-state index in [1.54, 1.807) is 24.4 Å². The molecule has 0 fully saturated rings. The van der Waals surface area contributed by atoms with E-state index in [0.29, 0.717) is 15.1 Å². The van der Waals surface area contributed by atoms with Crippen LogP contribution in [0.3, 0.4) is 0 Å². The Bertz CT molecular complexity index is 674. The number of phenols is 1. The number of aryl methyl sites for hydroxylation is 1. The Labute approximate surface area is 138 Å². The largest absolute Gasteiger partial charge is 0.506 e. The second-order valence-corrected chi connectivity index (χ2v) is 6.34. The van der Waals surface area contributed by atoms with Crippen LogP contribution >= 0.6 is 43.5 Å². The lowest BCUT2D eigenvalue weighted by atomic mass is 10.2. The van der Waals surface area contributed by atoms with Gasteiger partial charge in [0, 0.05) is 15.1 Å². The smallest absolute Gasteiger partial charge is 0.138 e. The van der Waals surface area contributed by atoms with E-state index in [2.05, 4.69) is 42.4 Å². The number of hydrogen-bond acceptors (Lipinski definition) is 3. The first-order chi connectivity index (χ1) is 9.47. The normalized spacial score (nSPS) is 11.0. The number of nitrogens with zero attached hydrogens (tertiary/aromatic N) is 1. The molecule has 0 saturated heterocycles. The molecule has 0 aromatic heterocycles. The van der Waals surface area contributed by atoms with Gasteiger partial charge in [-0.3, -0.25) is 5.43 Å². The van der Waals surface area contributed by atoms with E-state index in [-0.39, 0.29) is 5.75 Å². The SMILES string of the molecule is Cc1ccc(N/N=C\c2cc(Br)cc(Br)c2O)cc1Cl. The van der Waals surface area contributed by atoms with Crippen molar-refractivity contribution in [1.82, 2.24) is 0 Å². The van der Waals surface area contributed by atoms with Crippen LogP contribution in [0.5, 0.6) is 5.75 Å². The Morgan fingerprint density at radius 1 is 1.25 bits per heavy atom. The molecule has 20 heavy (non-hydrogen) atoms. The van der Waals surface area contributed by atoms with Gasteiger partial charge < -0.3 is 5.11 Å². The average molecular weight is 419 g/mol. The maximum atomic E-state index is 9.89. The summed E-state index contributed by atoms with van der Waals surface area (Å²) in [5, 5.41) is 14.7. The number of nitrogens with one attached hydrogen (secondary N) is 1. The minimum Gasteiger partial charge on any atom is -0.506 e. The van der Waals surface area contributed by atoms with Crippen molar-refractivity contribution >= 4 is 55.4 Å². The number of rotatable bonds is 3. The molecule has 0 aliphatic heterocycles. The van der Waals surface area contributed by atoms with Gasteiger partial charge in [-0.25, -0.2) is 0 Å². The highest BCUT2D eigenvalue weighted by Crippen LogP contribution is 2.30.